The monoisotopic (exact) mass is 298 g/mol. The Morgan fingerprint density at radius 3 is 3.12 bits per heavy atom. The number of nitrogens with zero attached hydrogens (tertiary/aromatic N) is 2. The summed E-state index contributed by atoms with van der Waals surface area (Å²) in [5.74, 6) is -0.292. The topological polar surface area (TPSA) is 42.4 Å². The molecule has 1 aliphatic heterocycles. The minimum atomic E-state index is -0.292. The van der Waals surface area contributed by atoms with Crippen molar-refractivity contribution >= 4 is 21.9 Å². The van der Waals surface area contributed by atoms with Crippen LogP contribution >= 0.6 is 15.9 Å². The lowest BCUT2D eigenvalue weighted by Crippen LogP contribution is -2.38. The largest absolute Gasteiger partial charge is 0.457 e. The Hall–Kier alpha value is -0.940. The highest BCUT2D eigenvalue weighted by molar-refractivity contribution is 9.10. The maximum atomic E-state index is 11.9. The summed E-state index contributed by atoms with van der Waals surface area (Å²) < 4.78 is 6.25. The molecule has 1 aromatic heterocycles. The van der Waals surface area contributed by atoms with Crippen molar-refractivity contribution in [2.75, 3.05) is 20.1 Å². The number of aromatic nitrogens is 1. The Morgan fingerprint density at radius 1 is 1.59 bits per heavy atom. The molecule has 0 bridgehead atoms. The number of esters is 1. The number of carbonyl (C=O) groups excluding carboxylic acids is 1. The number of pyridine rings is 1. The molecule has 4 nitrogen and oxygen atoms in total. The number of halogens is 1. The molecule has 0 N–H and O–H groups in total. The Labute approximate surface area is 109 Å². The lowest BCUT2D eigenvalue weighted by molar-refractivity contribution is 0.0108. The third kappa shape index (κ3) is 3.51. The van der Waals surface area contributed by atoms with Gasteiger partial charge >= 0.3 is 5.97 Å². The van der Waals surface area contributed by atoms with Crippen molar-refractivity contribution in [3.8, 4) is 0 Å². The summed E-state index contributed by atoms with van der Waals surface area (Å²) in [5, 5.41) is 0. The average Bonchev–Trinajstić information content (AvgIpc) is 2.29. The first-order chi connectivity index (χ1) is 8.15. The van der Waals surface area contributed by atoms with E-state index in [4.69, 9.17) is 4.74 Å². The molecule has 17 heavy (non-hydrogen) atoms. The van der Waals surface area contributed by atoms with Crippen LogP contribution in [-0.4, -0.2) is 42.1 Å². The van der Waals surface area contributed by atoms with Gasteiger partial charge < -0.3 is 9.64 Å². The van der Waals surface area contributed by atoms with Gasteiger partial charge in [-0.1, -0.05) is 0 Å². The SMILES string of the molecule is CN1CCCC(OC(=O)c2cncc(Br)c2)C1. The zero-order valence-corrected chi connectivity index (χ0v) is 11.3. The molecular formula is C12H15BrN2O2. The molecule has 0 amide bonds. The fraction of sp³-hybridized carbons (Fsp3) is 0.500. The van der Waals surface area contributed by atoms with Gasteiger partial charge in [-0.05, 0) is 48.4 Å². The van der Waals surface area contributed by atoms with Gasteiger partial charge in [0.15, 0.2) is 0 Å². The molecule has 0 aromatic carbocycles. The van der Waals surface area contributed by atoms with Crippen LogP contribution < -0.4 is 0 Å². The van der Waals surface area contributed by atoms with Crippen molar-refractivity contribution in [2.45, 2.75) is 18.9 Å². The van der Waals surface area contributed by atoms with Crippen LogP contribution in [0.4, 0.5) is 0 Å². The highest BCUT2D eigenvalue weighted by Gasteiger charge is 2.21. The number of hydrogen-bond donors (Lipinski definition) is 0. The molecule has 0 spiro atoms. The van der Waals surface area contributed by atoms with Crippen molar-refractivity contribution in [3.63, 3.8) is 0 Å². The zero-order valence-electron chi connectivity index (χ0n) is 9.73. The van der Waals surface area contributed by atoms with Gasteiger partial charge in [-0.3, -0.25) is 4.98 Å². The Bertz CT molecular complexity index is 411. The average molecular weight is 299 g/mol. The quantitative estimate of drug-likeness (QED) is 0.784. The summed E-state index contributed by atoms with van der Waals surface area (Å²) in [4.78, 5) is 18.0. The van der Waals surface area contributed by atoms with Crippen LogP contribution in [0, 0.1) is 0 Å². The molecule has 0 radical (unpaired) electrons. The Kier molecular flexibility index (Phi) is 4.12. The highest BCUT2D eigenvalue weighted by Crippen LogP contribution is 2.15. The van der Waals surface area contributed by atoms with Gasteiger partial charge in [0.05, 0.1) is 5.56 Å². The molecule has 1 aromatic rings. The molecule has 1 saturated heterocycles. The lowest BCUT2D eigenvalue weighted by Gasteiger charge is -2.29. The number of rotatable bonds is 2. The number of carbonyl (C=O) groups is 1. The van der Waals surface area contributed by atoms with Gasteiger partial charge in [0.25, 0.3) is 0 Å². The van der Waals surface area contributed by atoms with E-state index in [1.165, 1.54) is 6.20 Å². The smallest absolute Gasteiger partial charge is 0.340 e. The van der Waals surface area contributed by atoms with E-state index in [1.54, 1.807) is 12.3 Å². The molecule has 1 unspecified atom stereocenters. The number of likely N-dealkylation sites (N-methyl/N-ethyl adjacent to an activating group) is 1. The minimum absolute atomic E-state index is 0.000214. The second-order valence-electron chi connectivity index (χ2n) is 4.32. The fourth-order valence-corrected chi connectivity index (χ4v) is 2.32. The minimum Gasteiger partial charge on any atom is -0.457 e. The molecule has 0 saturated carbocycles. The predicted molar refractivity (Wildman–Crippen MR) is 67.9 cm³/mol. The standard InChI is InChI=1S/C12H15BrN2O2/c1-15-4-2-3-11(8-15)17-12(16)9-5-10(13)7-14-6-9/h5-7,11H,2-4,8H2,1H3. The third-order valence-corrected chi connectivity index (χ3v) is 3.23. The van der Waals surface area contributed by atoms with Gasteiger partial charge in [-0.2, -0.15) is 0 Å². The van der Waals surface area contributed by atoms with Gasteiger partial charge in [0.2, 0.25) is 0 Å². The lowest BCUT2D eigenvalue weighted by atomic mass is 10.1. The first-order valence-electron chi connectivity index (χ1n) is 5.65. The van der Waals surface area contributed by atoms with Crippen LogP contribution in [0.3, 0.4) is 0 Å². The van der Waals surface area contributed by atoms with Crippen molar-refractivity contribution in [3.05, 3.63) is 28.5 Å². The second-order valence-corrected chi connectivity index (χ2v) is 5.24. The molecule has 0 aliphatic carbocycles. The maximum absolute atomic E-state index is 11.9. The molecule has 1 atom stereocenters. The van der Waals surface area contributed by atoms with E-state index in [-0.39, 0.29) is 12.1 Å². The van der Waals surface area contributed by atoms with E-state index in [0.717, 1.165) is 30.4 Å². The summed E-state index contributed by atoms with van der Waals surface area (Å²) in [6.07, 6.45) is 5.19. The first kappa shape index (κ1) is 12.5. The normalized spacial score (nSPS) is 21.2. The number of piperidine rings is 1. The van der Waals surface area contributed by atoms with E-state index in [0.29, 0.717) is 5.56 Å². The molecule has 92 valence electrons. The van der Waals surface area contributed by atoms with E-state index >= 15 is 0 Å². The van der Waals surface area contributed by atoms with Crippen molar-refractivity contribution in [1.29, 1.82) is 0 Å². The molecule has 2 heterocycles. The summed E-state index contributed by atoms with van der Waals surface area (Å²) in [6.45, 7) is 1.89. The highest BCUT2D eigenvalue weighted by atomic mass is 79.9. The van der Waals surface area contributed by atoms with Crippen LogP contribution in [0.1, 0.15) is 23.2 Å². The fourth-order valence-electron chi connectivity index (χ4n) is 1.96. The van der Waals surface area contributed by atoms with E-state index in [9.17, 15) is 4.79 Å². The van der Waals surface area contributed by atoms with Gasteiger partial charge in [-0.15, -0.1) is 0 Å². The van der Waals surface area contributed by atoms with Crippen LogP contribution in [-0.2, 0) is 4.74 Å². The number of ether oxygens (including phenoxy) is 1. The molecule has 5 heteroatoms. The first-order valence-corrected chi connectivity index (χ1v) is 6.44. The van der Waals surface area contributed by atoms with Crippen LogP contribution in [0.25, 0.3) is 0 Å². The molecular weight excluding hydrogens is 284 g/mol. The molecule has 1 aliphatic rings. The summed E-state index contributed by atoms with van der Waals surface area (Å²) in [5.41, 5.74) is 0.493. The third-order valence-electron chi connectivity index (χ3n) is 2.80. The summed E-state index contributed by atoms with van der Waals surface area (Å²) in [7, 11) is 2.04. The zero-order chi connectivity index (χ0) is 12.3. The summed E-state index contributed by atoms with van der Waals surface area (Å²) >= 11 is 3.29. The Morgan fingerprint density at radius 2 is 2.41 bits per heavy atom. The van der Waals surface area contributed by atoms with Crippen LogP contribution in [0.5, 0.6) is 0 Å². The van der Waals surface area contributed by atoms with Crippen LogP contribution in [0.2, 0.25) is 0 Å². The van der Waals surface area contributed by atoms with Gasteiger partial charge in [0, 0.05) is 23.4 Å². The molecule has 2 rings (SSSR count). The molecule has 1 fully saturated rings. The van der Waals surface area contributed by atoms with E-state index in [1.807, 2.05) is 7.05 Å². The van der Waals surface area contributed by atoms with E-state index in [2.05, 4.69) is 25.8 Å². The van der Waals surface area contributed by atoms with Crippen LogP contribution in [0.15, 0.2) is 22.9 Å². The van der Waals surface area contributed by atoms with Gasteiger partial charge in [-0.25, -0.2) is 4.79 Å². The van der Waals surface area contributed by atoms with Crippen molar-refractivity contribution in [1.82, 2.24) is 9.88 Å². The van der Waals surface area contributed by atoms with Crippen molar-refractivity contribution < 1.29 is 9.53 Å². The van der Waals surface area contributed by atoms with Gasteiger partial charge in [0.1, 0.15) is 6.10 Å². The summed E-state index contributed by atoms with van der Waals surface area (Å²) in [6, 6.07) is 1.72. The maximum Gasteiger partial charge on any atom is 0.340 e. The predicted octanol–water partition coefficient (Wildman–Crippen LogP) is 2.10. The number of hydrogen-bond acceptors (Lipinski definition) is 4. The van der Waals surface area contributed by atoms with E-state index < -0.39 is 0 Å². The number of likely N-dealkylation sites (tertiary alicyclic amines) is 1. The second kappa shape index (κ2) is 5.60. The Balaban J connectivity index is 1.97. The van der Waals surface area contributed by atoms with Crippen molar-refractivity contribution in [2.24, 2.45) is 0 Å².